The maximum Gasteiger partial charge on any atom is 0.276 e. The molecule has 1 aliphatic heterocycles. The third-order valence-corrected chi connectivity index (χ3v) is 5.59. The van der Waals surface area contributed by atoms with Gasteiger partial charge in [0.2, 0.25) is 0 Å². The largest absolute Gasteiger partial charge is 0.380 e. The molecule has 1 aliphatic rings. The van der Waals surface area contributed by atoms with E-state index >= 15 is 0 Å². The number of methoxy groups -OCH3 is 1. The fraction of sp³-hybridized carbons (Fsp3) is 0.348. The lowest BCUT2D eigenvalue weighted by Gasteiger charge is -2.16. The van der Waals surface area contributed by atoms with E-state index in [0.29, 0.717) is 47.2 Å². The van der Waals surface area contributed by atoms with Crippen LogP contribution in [0.1, 0.15) is 56.0 Å². The number of rotatable bonds is 6. The van der Waals surface area contributed by atoms with E-state index < -0.39 is 0 Å². The minimum Gasteiger partial charge on any atom is -0.380 e. The Hall–Kier alpha value is -3.59. The van der Waals surface area contributed by atoms with Crippen molar-refractivity contribution in [1.82, 2.24) is 20.0 Å². The summed E-state index contributed by atoms with van der Waals surface area (Å²) in [5.41, 5.74) is 2.69. The Morgan fingerprint density at radius 2 is 2.03 bits per heavy atom. The number of carbonyl (C=O) groups is 2. The van der Waals surface area contributed by atoms with Gasteiger partial charge in [-0.3, -0.25) is 9.59 Å². The zero-order valence-corrected chi connectivity index (χ0v) is 18.3. The van der Waals surface area contributed by atoms with E-state index in [1.165, 1.54) is 0 Å². The molecular formula is C23H25N5O4. The zero-order chi connectivity index (χ0) is 22.7. The average molecular weight is 435 g/mol. The SMILES string of the molecule is COCc1c(C(=O)N2CC[C@H](c3ncc(C(=O)Nc4ccccc4)c(C)n3)C2)noc1C. The number of anilines is 1. The summed E-state index contributed by atoms with van der Waals surface area (Å²) in [4.78, 5) is 36.3. The molecule has 0 bridgehead atoms. The molecule has 0 radical (unpaired) electrons. The van der Waals surface area contributed by atoms with E-state index in [0.717, 1.165) is 6.42 Å². The third-order valence-electron chi connectivity index (χ3n) is 5.59. The summed E-state index contributed by atoms with van der Waals surface area (Å²) in [6.45, 7) is 4.87. The highest BCUT2D eigenvalue weighted by Crippen LogP contribution is 2.27. The number of hydrogen-bond acceptors (Lipinski definition) is 7. The number of benzene rings is 1. The number of nitrogens with one attached hydrogen (secondary N) is 1. The molecule has 1 N–H and O–H groups in total. The lowest BCUT2D eigenvalue weighted by molar-refractivity contribution is 0.0775. The summed E-state index contributed by atoms with van der Waals surface area (Å²) < 4.78 is 10.4. The van der Waals surface area contributed by atoms with Gasteiger partial charge in [0.05, 0.1) is 23.4 Å². The minimum atomic E-state index is -0.254. The Morgan fingerprint density at radius 1 is 1.25 bits per heavy atom. The molecule has 0 unspecified atom stereocenters. The van der Waals surface area contributed by atoms with Crippen LogP contribution in [0.25, 0.3) is 0 Å². The summed E-state index contributed by atoms with van der Waals surface area (Å²) in [5.74, 6) is 0.752. The first-order valence-corrected chi connectivity index (χ1v) is 10.4. The number of amides is 2. The average Bonchev–Trinajstić information content (AvgIpc) is 3.42. The van der Waals surface area contributed by atoms with Gasteiger partial charge in [-0.05, 0) is 32.4 Å². The Morgan fingerprint density at radius 3 is 2.75 bits per heavy atom. The molecule has 1 fully saturated rings. The van der Waals surface area contributed by atoms with Crippen LogP contribution in [-0.4, -0.2) is 52.0 Å². The maximum atomic E-state index is 13.0. The Kier molecular flexibility index (Phi) is 6.27. The van der Waals surface area contributed by atoms with E-state index in [9.17, 15) is 9.59 Å². The van der Waals surface area contributed by atoms with Crippen LogP contribution in [0.4, 0.5) is 5.69 Å². The van der Waals surface area contributed by atoms with E-state index in [2.05, 4.69) is 20.4 Å². The molecular weight excluding hydrogens is 410 g/mol. The second-order valence-electron chi connectivity index (χ2n) is 7.78. The highest BCUT2D eigenvalue weighted by Gasteiger charge is 2.33. The fourth-order valence-electron chi connectivity index (χ4n) is 3.80. The molecule has 9 heteroatoms. The van der Waals surface area contributed by atoms with Crippen molar-refractivity contribution < 1.29 is 18.8 Å². The molecule has 9 nitrogen and oxygen atoms in total. The van der Waals surface area contributed by atoms with Crippen LogP contribution in [-0.2, 0) is 11.3 Å². The van der Waals surface area contributed by atoms with Crippen LogP contribution in [0.3, 0.4) is 0 Å². The molecule has 4 rings (SSSR count). The van der Waals surface area contributed by atoms with Crippen molar-refractivity contribution in [2.45, 2.75) is 32.8 Å². The molecule has 0 spiro atoms. The summed E-state index contributed by atoms with van der Waals surface area (Å²) in [6, 6.07) is 9.24. The summed E-state index contributed by atoms with van der Waals surface area (Å²) in [5, 5.41) is 6.78. The number of likely N-dealkylation sites (tertiary alicyclic amines) is 1. The molecule has 3 aromatic rings. The van der Waals surface area contributed by atoms with Gasteiger partial charge in [-0.25, -0.2) is 9.97 Å². The molecule has 0 aliphatic carbocycles. The van der Waals surface area contributed by atoms with Crippen LogP contribution in [0.2, 0.25) is 0 Å². The first-order chi connectivity index (χ1) is 15.5. The van der Waals surface area contributed by atoms with E-state index in [-0.39, 0.29) is 30.0 Å². The van der Waals surface area contributed by atoms with Crippen molar-refractivity contribution in [3.05, 3.63) is 70.6 Å². The third kappa shape index (κ3) is 4.38. The topological polar surface area (TPSA) is 110 Å². The Bertz CT molecular complexity index is 1130. The first-order valence-electron chi connectivity index (χ1n) is 10.4. The van der Waals surface area contributed by atoms with Crippen molar-refractivity contribution in [1.29, 1.82) is 0 Å². The van der Waals surface area contributed by atoms with E-state index in [4.69, 9.17) is 9.26 Å². The minimum absolute atomic E-state index is 0.0113. The van der Waals surface area contributed by atoms with Gasteiger partial charge in [-0.15, -0.1) is 0 Å². The second-order valence-corrected chi connectivity index (χ2v) is 7.78. The van der Waals surface area contributed by atoms with Gasteiger partial charge in [0.1, 0.15) is 11.6 Å². The van der Waals surface area contributed by atoms with Crippen molar-refractivity contribution in [3.8, 4) is 0 Å². The molecule has 1 saturated heterocycles. The Labute approximate surface area is 185 Å². The number of aromatic nitrogens is 3. The van der Waals surface area contributed by atoms with Crippen molar-refractivity contribution in [2.24, 2.45) is 0 Å². The Balaban J connectivity index is 1.45. The summed E-state index contributed by atoms with van der Waals surface area (Å²) in [7, 11) is 1.57. The van der Waals surface area contributed by atoms with Crippen LogP contribution in [0, 0.1) is 13.8 Å². The summed E-state index contributed by atoms with van der Waals surface area (Å²) >= 11 is 0. The molecule has 32 heavy (non-hydrogen) atoms. The smallest absolute Gasteiger partial charge is 0.276 e. The molecule has 1 aromatic carbocycles. The van der Waals surface area contributed by atoms with Gasteiger partial charge in [-0.1, -0.05) is 23.4 Å². The summed E-state index contributed by atoms with van der Waals surface area (Å²) in [6.07, 6.45) is 2.29. The van der Waals surface area contributed by atoms with Crippen LogP contribution in [0.5, 0.6) is 0 Å². The van der Waals surface area contributed by atoms with Gasteiger partial charge in [0.25, 0.3) is 11.8 Å². The normalized spacial score (nSPS) is 15.7. The van der Waals surface area contributed by atoms with Crippen LogP contribution in [0.15, 0.2) is 41.1 Å². The predicted molar refractivity (Wildman–Crippen MR) is 116 cm³/mol. The van der Waals surface area contributed by atoms with Gasteiger partial charge in [0, 0.05) is 38.0 Å². The van der Waals surface area contributed by atoms with Crippen molar-refractivity contribution in [2.75, 3.05) is 25.5 Å². The van der Waals surface area contributed by atoms with E-state index in [1.807, 2.05) is 30.3 Å². The molecule has 3 heterocycles. The van der Waals surface area contributed by atoms with Crippen molar-refractivity contribution in [3.63, 3.8) is 0 Å². The maximum absolute atomic E-state index is 13.0. The first kappa shape index (κ1) is 21.6. The zero-order valence-electron chi connectivity index (χ0n) is 18.3. The molecule has 2 aromatic heterocycles. The fourth-order valence-corrected chi connectivity index (χ4v) is 3.80. The molecule has 0 saturated carbocycles. The molecule has 2 amide bonds. The number of hydrogen-bond donors (Lipinski definition) is 1. The predicted octanol–water partition coefficient (Wildman–Crippen LogP) is 3.11. The highest BCUT2D eigenvalue weighted by molar-refractivity contribution is 6.04. The number of nitrogens with zero attached hydrogens (tertiary/aromatic N) is 4. The second kappa shape index (κ2) is 9.27. The quantitative estimate of drug-likeness (QED) is 0.633. The number of para-hydroxylation sites is 1. The number of ether oxygens (including phenoxy) is 1. The van der Waals surface area contributed by atoms with Crippen molar-refractivity contribution >= 4 is 17.5 Å². The van der Waals surface area contributed by atoms with Gasteiger partial charge < -0.3 is 19.5 Å². The van der Waals surface area contributed by atoms with Crippen LogP contribution >= 0.6 is 0 Å². The standard InChI is InChI=1S/C23H25N5O4/c1-14-18(22(29)26-17-7-5-4-6-8-17)11-24-21(25-14)16-9-10-28(12-16)23(30)20-19(13-31-3)15(2)32-27-20/h4-8,11,16H,9-10,12-13H2,1-3H3,(H,26,29)/t16-/m0/s1. The van der Waals surface area contributed by atoms with Crippen LogP contribution < -0.4 is 5.32 Å². The van der Waals surface area contributed by atoms with Gasteiger partial charge >= 0.3 is 0 Å². The molecule has 166 valence electrons. The van der Waals surface area contributed by atoms with E-state index in [1.54, 1.807) is 32.1 Å². The lowest BCUT2D eigenvalue weighted by Crippen LogP contribution is -2.29. The number of carbonyl (C=O) groups excluding carboxylic acids is 2. The lowest BCUT2D eigenvalue weighted by atomic mass is 10.1. The molecule has 1 atom stereocenters. The van der Waals surface area contributed by atoms with Gasteiger partial charge in [-0.2, -0.15) is 0 Å². The van der Waals surface area contributed by atoms with Gasteiger partial charge in [0.15, 0.2) is 5.69 Å². The monoisotopic (exact) mass is 435 g/mol. The number of aryl methyl sites for hydroxylation is 2. The highest BCUT2D eigenvalue weighted by atomic mass is 16.5.